The first kappa shape index (κ1) is 10.9. The molecule has 0 heterocycles. The van der Waals surface area contributed by atoms with Crippen LogP contribution in [0, 0.1) is 0 Å². The molecule has 0 radical (unpaired) electrons. The summed E-state index contributed by atoms with van der Waals surface area (Å²) in [5.41, 5.74) is 0. The van der Waals surface area contributed by atoms with Crippen molar-refractivity contribution >= 4 is 0 Å². The van der Waals surface area contributed by atoms with E-state index in [2.05, 4.69) is 0 Å². The van der Waals surface area contributed by atoms with Crippen LogP contribution in [0.2, 0.25) is 0 Å². The lowest BCUT2D eigenvalue weighted by atomic mass is 10.2. The summed E-state index contributed by atoms with van der Waals surface area (Å²) in [5.74, 6) is 0. The van der Waals surface area contributed by atoms with Crippen LogP contribution in [0.15, 0.2) is 0 Å². The first-order valence-electron chi connectivity index (χ1n) is 4.07. The van der Waals surface area contributed by atoms with Gasteiger partial charge in [-0.1, -0.05) is 0 Å². The third-order valence-electron chi connectivity index (χ3n) is 1.70. The molecule has 11 heavy (non-hydrogen) atoms. The van der Waals surface area contributed by atoms with E-state index in [1.165, 1.54) is 0 Å². The van der Waals surface area contributed by atoms with Gasteiger partial charge in [-0.15, -0.1) is 0 Å². The summed E-state index contributed by atoms with van der Waals surface area (Å²) < 4.78 is 0. The number of hydrogen-bond donors (Lipinski definition) is 2. The van der Waals surface area contributed by atoms with Crippen molar-refractivity contribution in [3.05, 3.63) is 0 Å². The quantitative estimate of drug-likeness (QED) is 0.587. The monoisotopic (exact) mass is 161 g/mol. The molecule has 0 fully saturated rings. The van der Waals surface area contributed by atoms with Crippen LogP contribution in [-0.2, 0) is 0 Å². The molecular formula is C8H19NO2. The van der Waals surface area contributed by atoms with Gasteiger partial charge in [-0.05, 0) is 27.7 Å². The molecule has 2 N–H and O–H groups in total. The Bertz CT molecular complexity index is 94.3. The van der Waals surface area contributed by atoms with Crippen molar-refractivity contribution < 1.29 is 10.2 Å². The van der Waals surface area contributed by atoms with E-state index >= 15 is 0 Å². The Morgan fingerprint density at radius 1 is 1.00 bits per heavy atom. The molecule has 0 rings (SSSR count). The number of nitrogens with zero attached hydrogens (tertiary/aromatic N) is 1. The Kier molecular flexibility index (Phi) is 4.65. The largest absolute Gasteiger partial charge is 0.367 e. The maximum atomic E-state index is 8.73. The summed E-state index contributed by atoms with van der Waals surface area (Å²) in [6.07, 6.45) is -1.22. The Balaban J connectivity index is 3.90. The van der Waals surface area contributed by atoms with Gasteiger partial charge in [0.05, 0.1) is 0 Å². The van der Waals surface area contributed by atoms with Crippen molar-refractivity contribution in [2.75, 3.05) is 6.54 Å². The van der Waals surface area contributed by atoms with E-state index in [9.17, 15) is 0 Å². The van der Waals surface area contributed by atoms with Gasteiger partial charge >= 0.3 is 0 Å². The third kappa shape index (κ3) is 4.35. The maximum Gasteiger partial charge on any atom is 0.164 e. The first-order valence-corrected chi connectivity index (χ1v) is 4.07. The van der Waals surface area contributed by atoms with E-state index in [0.717, 1.165) is 0 Å². The van der Waals surface area contributed by atoms with Crippen LogP contribution in [0.25, 0.3) is 0 Å². The molecule has 0 saturated heterocycles. The Hall–Kier alpha value is -0.120. The highest BCUT2D eigenvalue weighted by molar-refractivity contribution is 4.67. The number of aliphatic hydroxyl groups excluding tert-OH is 1. The van der Waals surface area contributed by atoms with Crippen molar-refractivity contribution in [2.24, 2.45) is 0 Å². The van der Waals surface area contributed by atoms with E-state index in [-0.39, 0.29) is 0 Å². The lowest BCUT2D eigenvalue weighted by Gasteiger charge is -2.30. The van der Waals surface area contributed by atoms with Crippen LogP contribution in [-0.4, -0.2) is 40.0 Å². The van der Waals surface area contributed by atoms with Crippen molar-refractivity contribution in [2.45, 2.75) is 46.1 Å². The topological polar surface area (TPSA) is 43.7 Å². The first-order chi connectivity index (χ1) is 4.95. The number of hydrogen-bond acceptors (Lipinski definition) is 3. The number of aliphatic hydroxyl groups is 2. The van der Waals surface area contributed by atoms with Gasteiger partial charge in [-0.3, -0.25) is 4.90 Å². The van der Waals surface area contributed by atoms with Crippen LogP contribution >= 0.6 is 0 Å². The molecule has 0 atom stereocenters. The van der Waals surface area contributed by atoms with Gasteiger partial charge in [-0.2, -0.15) is 0 Å². The van der Waals surface area contributed by atoms with Gasteiger partial charge in [0.2, 0.25) is 0 Å². The molecule has 0 amide bonds. The fourth-order valence-electron chi connectivity index (χ4n) is 1.21. The lowest BCUT2D eigenvalue weighted by Crippen LogP contribution is -2.42. The minimum absolute atomic E-state index is 0.329. The molecule has 3 nitrogen and oxygen atoms in total. The van der Waals surface area contributed by atoms with Gasteiger partial charge in [0.1, 0.15) is 0 Å². The minimum Gasteiger partial charge on any atom is -0.367 e. The standard InChI is InChI=1S/C8H19NO2/c1-6(2)9(7(3)4)5-8(10)11/h6-8,10-11H,5H2,1-4H3. The lowest BCUT2D eigenvalue weighted by molar-refractivity contribution is -0.0717. The maximum absolute atomic E-state index is 8.73. The summed E-state index contributed by atoms with van der Waals surface area (Å²) in [6, 6.07) is 0.716. The van der Waals surface area contributed by atoms with Crippen LogP contribution in [0.1, 0.15) is 27.7 Å². The van der Waals surface area contributed by atoms with Crippen LogP contribution in [0.3, 0.4) is 0 Å². The van der Waals surface area contributed by atoms with Crippen LogP contribution in [0.5, 0.6) is 0 Å². The predicted molar refractivity (Wildman–Crippen MR) is 45.2 cm³/mol. The van der Waals surface area contributed by atoms with E-state index < -0.39 is 6.29 Å². The molecule has 3 heteroatoms. The number of rotatable bonds is 4. The van der Waals surface area contributed by atoms with Crippen LogP contribution in [0.4, 0.5) is 0 Å². The summed E-state index contributed by atoms with van der Waals surface area (Å²) in [5, 5.41) is 17.5. The summed E-state index contributed by atoms with van der Waals surface area (Å²) >= 11 is 0. The average molecular weight is 161 g/mol. The Morgan fingerprint density at radius 2 is 1.36 bits per heavy atom. The van der Waals surface area contributed by atoms with Gasteiger partial charge in [0.15, 0.2) is 6.29 Å². The molecule has 0 unspecified atom stereocenters. The Morgan fingerprint density at radius 3 is 1.45 bits per heavy atom. The molecule has 0 aliphatic rings. The second-order valence-corrected chi connectivity index (χ2v) is 3.36. The summed E-state index contributed by atoms with van der Waals surface area (Å²) in [6.45, 7) is 8.50. The molecule has 0 saturated carbocycles. The molecular weight excluding hydrogens is 142 g/mol. The minimum atomic E-state index is -1.22. The van der Waals surface area contributed by atoms with E-state index in [1.807, 2.05) is 32.6 Å². The molecule has 68 valence electrons. The molecule has 0 spiro atoms. The highest BCUT2D eigenvalue weighted by Crippen LogP contribution is 2.04. The Labute approximate surface area is 68.6 Å². The molecule has 0 aromatic heterocycles. The van der Waals surface area contributed by atoms with Gasteiger partial charge < -0.3 is 10.2 Å². The molecule has 0 aliphatic carbocycles. The van der Waals surface area contributed by atoms with E-state index in [0.29, 0.717) is 18.6 Å². The molecule has 0 aromatic rings. The third-order valence-corrected chi connectivity index (χ3v) is 1.70. The smallest absolute Gasteiger partial charge is 0.164 e. The zero-order chi connectivity index (χ0) is 9.02. The fraction of sp³-hybridized carbons (Fsp3) is 1.00. The van der Waals surface area contributed by atoms with E-state index in [1.54, 1.807) is 0 Å². The zero-order valence-corrected chi connectivity index (χ0v) is 7.78. The van der Waals surface area contributed by atoms with Crippen molar-refractivity contribution in [3.8, 4) is 0 Å². The van der Waals surface area contributed by atoms with Gasteiger partial charge in [-0.25, -0.2) is 0 Å². The van der Waals surface area contributed by atoms with Crippen molar-refractivity contribution in [1.82, 2.24) is 4.90 Å². The highest BCUT2D eigenvalue weighted by atomic mass is 16.5. The SMILES string of the molecule is CC(C)N(CC(O)O)C(C)C. The van der Waals surface area contributed by atoms with Gasteiger partial charge in [0, 0.05) is 18.6 Å². The molecule has 0 aromatic carbocycles. The second kappa shape index (κ2) is 4.70. The molecule has 0 bridgehead atoms. The normalized spacial score (nSPS) is 12.5. The van der Waals surface area contributed by atoms with Gasteiger partial charge in [0.25, 0.3) is 0 Å². The van der Waals surface area contributed by atoms with Crippen molar-refractivity contribution in [3.63, 3.8) is 0 Å². The zero-order valence-electron chi connectivity index (χ0n) is 7.78. The highest BCUT2D eigenvalue weighted by Gasteiger charge is 2.15. The average Bonchev–Trinajstić information content (AvgIpc) is 1.81. The predicted octanol–water partition coefficient (Wildman–Crippen LogP) is 0.416. The van der Waals surface area contributed by atoms with Crippen molar-refractivity contribution in [1.29, 1.82) is 0 Å². The van der Waals surface area contributed by atoms with E-state index in [4.69, 9.17) is 10.2 Å². The summed E-state index contributed by atoms with van der Waals surface area (Å²) in [4.78, 5) is 2.03. The fourth-order valence-corrected chi connectivity index (χ4v) is 1.21. The molecule has 0 aliphatic heterocycles. The van der Waals surface area contributed by atoms with Crippen LogP contribution < -0.4 is 0 Å². The second-order valence-electron chi connectivity index (χ2n) is 3.36. The summed E-state index contributed by atoms with van der Waals surface area (Å²) in [7, 11) is 0.